The van der Waals surface area contributed by atoms with E-state index < -0.39 is 6.04 Å². The molecule has 1 amide bonds. The average molecular weight is 486 g/mol. The van der Waals surface area contributed by atoms with Gasteiger partial charge in [0, 0.05) is 6.54 Å². The van der Waals surface area contributed by atoms with Gasteiger partial charge in [0.2, 0.25) is 5.91 Å². The van der Waals surface area contributed by atoms with Gasteiger partial charge < -0.3 is 4.90 Å². The number of carbonyl (C=O) groups is 1. The number of amides is 1. The molecular weight excluding hydrogens is 453 g/mol. The Bertz CT molecular complexity index is 1400. The van der Waals surface area contributed by atoms with Crippen molar-refractivity contribution in [3.05, 3.63) is 106 Å². The lowest BCUT2D eigenvalue weighted by Crippen LogP contribution is -2.41. The van der Waals surface area contributed by atoms with Gasteiger partial charge in [0.15, 0.2) is 0 Å². The number of hydrogen-bond acceptors (Lipinski definition) is 3. The molecule has 6 heteroatoms. The quantitative estimate of drug-likeness (QED) is 0.296. The molecule has 0 radical (unpaired) electrons. The van der Waals surface area contributed by atoms with Crippen LogP contribution in [0.4, 0.5) is 4.39 Å². The predicted molar refractivity (Wildman–Crippen MR) is 142 cm³/mol. The third-order valence-electron chi connectivity index (χ3n) is 6.48. The van der Waals surface area contributed by atoms with E-state index in [4.69, 9.17) is 4.98 Å². The van der Waals surface area contributed by atoms with E-state index >= 15 is 0 Å². The van der Waals surface area contributed by atoms with E-state index in [2.05, 4.69) is 13.8 Å². The Morgan fingerprint density at radius 2 is 1.58 bits per heavy atom. The number of para-hydroxylation sites is 1. The summed E-state index contributed by atoms with van der Waals surface area (Å²) in [6.45, 7) is 8.56. The Morgan fingerprint density at radius 3 is 2.22 bits per heavy atom. The van der Waals surface area contributed by atoms with Gasteiger partial charge in [0.1, 0.15) is 11.6 Å². The predicted octanol–water partition coefficient (Wildman–Crippen LogP) is 6.26. The van der Waals surface area contributed by atoms with Crippen LogP contribution in [-0.4, -0.2) is 26.9 Å². The number of nitrogens with zero attached hydrogens (tertiary/aromatic N) is 3. The summed E-state index contributed by atoms with van der Waals surface area (Å²) in [5.41, 5.74) is 1.79. The van der Waals surface area contributed by atoms with E-state index in [0.29, 0.717) is 35.4 Å². The topological polar surface area (TPSA) is 55.2 Å². The third kappa shape index (κ3) is 5.08. The second kappa shape index (κ2) is 10.9. The fourth-order valence-electron chi connectivity index (χ4n) is 4.68. The van der Waals surface area contributed by atoms with Crippen molar-refractivity contribution >= 4 is 16.8 Å². The molecule has 0 saturated carbocycles. The van der Waals surface area contributed by atoms with Gasteiger partial charge in [0.05, 0.1) is 28.6 Å². The molecule has 0 spiro atoms. The van der Waals surface area contributed by atoms with Gasteiger partial charge in [-0.1, -0.05) is 63.2 Å². The Hall–Kier alpha value is -3.80. The maximum atomic E-state index is 14.0. The summed E-state index contributed by atoms with van der Waals surface area (Å²) in [4.78, 5) is 34.4. The molecule has 0 saturated heterocycles. The second-order valence-electron chi connectivity index (χ2n) is 9.54. The molecule has 36 heavy (non-hydrogen) atoms. The number of carbonyl (C=O) groups excluding carboxylic acids is 1. The number of halogens is 1. The van der Waals surface area contributed by atoms with Crippen LogP contribution in [0, 0.1) is 11.7 Å². The first-order chi connectivity index (χ1) is 17.3. The molecule has 3 aromatic carbocycles. The highest BCUT2D eigenvalue weighted by Gasteiger charge is 2.31. The van der Waals surface area contributed by atoms with E-state index in [9.17, 15) is 14.0 Å². The van der Waals surface area contributed by atoms with Crippen molar-refractivity contribution in [2.45, 2.75) is 46.1 Å². The smallest absolute Gasteiger partial charge is 0.266 e. The zero-order chi connectivity index (χ0) is 25.8. The molecule has 4 rings (SSSR count). The first-order valence-electron chi connectivity index (χ1n) is 12.4. The Labute approximate surface area is 211 Å². The maximum Gasteiger partial charge on any atom is 0.266 e. The molecule has 186 valence electrons. The number of benzene rings is 3. The van der Waals surface area contributed by atoms with Gasteiger partial charge >= 0.3 is 0 Å². The molecule has 2 atom stereocenters. The summed E-state index contributed by atoms with van der Waals surface area (Å²) in [7, 11) is 0. The number of rotatable bonds is 8. The lowest BCUT2D eigenvalue weighted by molar-refractivity contribution is -0.136. The standard InChI is InChI=1S/C30H32FN3O2/c1-5-25(22-11-7-6-8-12-22)29(35)33(19-20(2)3)21(4)28-32-27-14-10-9-13-26(27)30(36)34(28)24-17-15-23(31)16-18-24/h6-18,20-21,25H,5,19H2,1-4H3. The van der Waals surface area contributed by atoms with Crippen LogP contribution in [0.2, 0.25) is 0 Å². The lowest BCUT2D eigenvalue weighted by Gasteiger charge is -2.34. The van der Waals surface area contributed by atoms with Crippen LogP contribution < -0.4 is 5.56 Å². The van der Waals surface area contributed by atoms with Crippen molar-refractivity contribution in [2.75, 3.05) is 6.54 Å². The molecule has 1 heterocycles. The summed E-state index contributed by atoms with van der Waals surface area (Å²) in [6.07, 6.45) is 0.653. The van der Waals surface area contributed by atoms with Gasteiger partial charge in [0.25, 0.3) is 5.56 Å². The van der Waals surface area contributed by atoms with Crippen LogP contribution in [0.3, 0.4) is 0 Å². The largest absolute Gasteiger partial charge is 0.332 e. The summed E-state index contributed by atoms with van der Waals surface area (Å²) >= 11 is 0. The SMILES string of the molecule is CCC(C(=O)N(CC(C)C)C(C)c1nc2ccccc2c(=O)n1-c1ccc(F)cc1)c1ccccc1. The zero-order valence-electron chi connectivity index (χ0n) is 21.2. The van der Waals surface area contributed by atoms with Gasteiger partial charge in [-0.05, 0) is 61.2 Å². The van der Waals surface area contributed by atoms with Crippen LogP contribution in [0.1, 0.15) is 57.5 Å². The maximum absolute atomic E-state index is 14.0. The first kappa shape index (κ1) is 25.3. The Kier molecular flexibility index (Phi) is 7.63. The molecule has 0 aliphatic rings. The number of fused-ring (bicyclic) bond motifs is 1. The minimum Gasteiger partial charge on any atom is -0.332 e. The van der Waals surface area contributed by atoms with Crippen molar-refractivity contribution in [1.82, 2.24) is 14.5 Å². The highest BCUT2D eigenvalue weighted by molar-refractivity contribution is 5.84. The summed E-state index contributed by atoms with van der Waals surface area (Å²) in [6, 6.07) is 22.2. The summed E-state index contributed by atoms with van der Waals surface area (Å²) < 4.78 is 15.2. The molecule has 0 N–H and O–H groups in total. The molecule has 1 aromatic heterocycles. The van der Waals surface area contributed by atoms with Crippen LogP contribution in [0.25, 0.3) is 16.6 Å². The minimum absolute atomic E-state index is 0.00189. The monoisotopic (exact) mass is 485 g/mol. The van der Waals surface area contributed by atoms with Crippen molar-refractivity contribution in [3.63, 3.8) is 0 Å². The van der Waals surface area contributed by atoms with Gasteiger partial charge in [-0.2, -0.15) is 0 Å². The molecular formula is C30H32FN3O2. The number of hydrogen-bond donors (Lipinski definition) is 0. The Balaban J connectivity index is 1.88. The van der Waals surface area contributed by atoms with Gasteiger partial charge in [-0.15, -0.1) is 0 Å². The number of aromatic nitrogens is 2. The van der Waals surface area contributed by atoms with Crippen LogP contribution in [0.15, 0.2) is 83.7 Å². The zero-order valence-corrected chi connectivity index (χ0v) is 21.2. The Morgan fingerprint density at radius 1 is 0.944 bits per heavy atom. The molecule has 0 aliphatic heterocycles. The highest BCUT2D eigenvalue weighted by Crippen LogP contribution is 2.29. The lowest BCUT2D eigenvalue weighted by atomic mass is 9.94. The molecule has 0 fully saturated rings. The molecule has 4 aromatic rings. The van der Waals surface area contributed by atoms with E-state index in [1.165, 1.54) is 16.7 Å². The molecule has 2 unspecified atom stereocenters. The van der Waals surface area contributed by atoms with Crippen molar-refractivity contribution in [2.24, 2.45) is 5.92 Å². The molecule has 0 bridgehead atoms. The van der Waals surface area contributed by atoms with Gasteiger partial charge in [-0.25, -0.2) is 9.37 Å². The summed E-state index contributed by atoms with van der Waals surface area (Å²) in [5, 5.41) is 0.468. The van der Waals surface area contributed by atoms with Gasteiger partial charge in [-0.3, -0.25) is 14.2 Å². The minimum atomic E-state index is -0.500. The van der Waals surface area contributed by atoms with E-state index in [-0.39, 0.29) is 29.1 Å². The highest BCUT2D eigenvalue weighted by atomic mass is 19.1. The average Bonchev–Trinajstić information content (AvgIpc) is 2.88. The molecule has 0 aliphatic carbocycles. The van der Waals surface area contributed by atoms with Crippen molar-refractivity contribution in [1.29, 1.82) is 0 Å². The van der Waals surface area contributed by atoms with Crippen LogP contribution in [-0.2, 0) is 4.79 Å². The fraction of sp³-hybridized carbons (Fsp3) is 0.300. The fourth-order valence-corrected chi connectivity index (χ4v) is 4.68. The first-order valence-corrected chi connectivity index (χ1v) is 12.4. The summed E-state index contributed by atoms with van der Waals surface area (Å²) in [5.74, 6) is -0.0458. The third-order valence-corrected chi connectivity index (χ3v) is 6.48. The van der Waals surface area contributed by atoms with Crippen molar-refractivity contribution in [3.8, 4) is 5.69 Å². The van der Waals surface area contributed by atoms with E-state index in [1.54, 1.807) is 30.3 Å². The second-order valence-corrected chi connectivity index (χ2v) is 9.54. The van der Waals surface area contributed by atoms with Crippen LogP contribution in [0.5, 0.6) is 0 Å². The van der Waals surface area contributed by atoms with E-state index in [0.717, 1.165) is 5.56 Å². The van der Waals surface area contributed by atoms with Crippen molar-refractivity contribution < 1.29 is 9.18 Å². The normalized spacial score (nSPS) is 13.1. The molecule has 5 nitrogen and oxygen atoms in total. The van der Waals surface area contributed by atoms with E-state index in [1.807, 2.05) is 55.1 Å². The van der Waals surface area contributed by atoms with Crippen LogP contribution >= 0.6 is 0 Å².